The lowest BCUT2D eigenvalue weighted by Gasteiger charge is -2.07. The van der Waals surface area contributed by atoms with Crippen molar-refractivity contribution in [1.82, 2.24) is 0 Å². The van der Waals surface area contributed by atoms with Gasteiger partial charge in [-0.2, -0.15) is 0 Å². The molecule has 0 aliphatic heterocycles. The zero-order valence-electron chi connectivity index (χ0n) is 8.78. The molecule has 5 nitrogen and oxygen atoms in total. The van der Waals surface area contributed by atoms with Gasteiger partial charge in [0.05, 0.1) is 0 Å². The number of amides is 1. The molecule has 0 aliphatic carbocycles. The van der Waals surface area contributed by atoms with Gasteiger partial charge in [-0.05, 0) is 12.8 Å². The quantitative estimate of drug-likeness (QED) is 0.564. The first-order valence-corrected chi connectivity index (χ1v) is 4.13. The van der Waals surface area contributed by atoms with Crippen molar-refractivity contribution < 1.29 is 14.7 Å². The predicted octanol–water partition coefficient (Wildman–Crippen LogP) is 0.102. The van der Waals surface area contributed by atoms with Gasteiger partial charge in [0.15, 0.2) is 0 Å². The highest BCUT2D eigenvalue weighted by Crippen LogP contribution is 1.96. The van der Waals surface area contributed by atoms with Crippen molar-refractivity contribution in [3.05, 3.63) is 12.2 Å². The van der Waals surface area contributed by atoms with Crippen molar-refractivity contribution in [2.24, 2.45) is 17.4 Å². The molecule has 0 aromatic rings. The van der Waals surface area contributed by atoms with Gasteiger partial charge in [0.1, 0.15) is 6.04 Å². The Hall–Kier alpha value is -1.36. The minimum atomic E-state index is -0.931. The Morgan fingerprint density at radius 1 is 1.36 bits per heavy atom. The Kier molecular flexibility index (Phi) is 7.65. The molecular weight excluding hydrogens is 184 g/mol. The molecule has 82 valence electrons. The van der Waals surface area contributed by atoms with Crippen LogP contribution in [0.5, 0.6) is 0 Å². The van der Waals surface area contributed by atoms with Gasteiger partial charge in [0.2, 0.25) is 5.91 Å². The average Bonchev–Trinajstić information content (AvgIpc) is 2.03. The zero-order valence-corrected chi connectivity index (χ0v) is 8.78. The molecule has 0 radical (unpaired) electrons. The highest BCUT2D eigenvalue weighted by molar-refractivity contribution is 5.90. The van der Waals surface area contributed by atoms with E-state index in [1.165, 1.54) is 0 Å². The second kappa shape index (κ2) is 7.08. The van der Waals surface area contributed by atoms with Crippen molar-refractivity contribution in [1.29, 1.82) is 0 Å². The van der Waals surface area contributed by atoms with Gasteiger partial charge in [0, 0.05) is 5.57 Å². The van der Waals surface area contributed by atoms with Crippen molar-refractivity contribution in [3.8, 4) is 0 Å². The van der Waals surface area contributed by atoms with Gasteiger partial charge in [-0.1, -0.05) is 20.4 Å². The SMILES string of the molecule is C=C(C)C(N)=O.CC(C)[C@@H](N)C(=O)O. The van der Waals surface area contributed by atoms with Gasteiger partial charge in [0.25, 0.3) is 0 Å². The van der Waals surface area contributed by atoms with E-state index in [-0.39, 0.29) is 5.92 Å². The normalized spacial score (nSPS) is 11.2. The lowest BCUT2D eigenvalue weighted by molar-refractivity contribution is -0.139. The molecule has 0 rings (SSSR count). The van der Waals surface area contributed by atoms with Gasteiger partial charge in [-0.3, -0.25) is 9.59 Å². The molecule has 1 atom stereocenters. The summed E-state index contributed by atoms with van der Waals surface area (Å²) < 4.78 is 0. The summed E-state index contributed by atoms with van der Waals surface area (Å²) in [6.07, 6.45) is 0. The molecule has 0 aliphatic rings. The van der Waals surface area contributed by atoms with Crippen molar-refractivity contribution in [3.63, 3.8) is 0 Å². The van der Waals surface area contributed by atoms with Gasteiger partial charge in [-0.15, -0.1) is 0 Å². The number of nitrogens with two attached hydrogens (primary N) is 2. The molecule has 1 amide bonds. The highest BCUT2D eigenvalue weighted by atomic mass is 16.4. The predicted molar refractivity (Wildman–Crippen MR) is 54.5 cm³/mol. The maximum absolute atomic E-state index is 10.0. The van der Waals surface area contributed by atoms with Crippen LogP contribution < -0.4 is 11.5 Å². The molecule has 0 unspecified atom stereocenters. The van der Waals surface area contributed by atoms with E-state index in [4.69, 9.17) is 16.6 Å². The topological polar surface area (TPSA) is 106 Å². The highest BCUT2D eigenvalue weighted by Gasteiger charge is 2.14. The summed E-state index contributed by atoms with van der Waals surface area (Å²) in [5.74, 6) is -1.34. The Balaban J connectivity index is 0. The molecule has 0 aromatic carbocycles. The number of rotatable bonds is 3. The standard InChI is InChI=1S/C5H11NO2.C4H7NO/c1-3(2)4(6)5(7)8;1-3(2)4(5)6/h3-4H,6H2,1-2H3,(H,7,8);1H2,2H3,(H2,5,6)/t4-;/m1./s1. The third-order valence-electron chi connectivity index (χ3n) is 1.42. The van der Waals surface area contributed by atoms with E-state index in [2.05, 4.69) is 6.58 Å². The molecule has 0 saturated carbocycles. The third-order valence-corrected chi connectivity index (χ3v) is 1.42. The molecule has 0 aromatic heterocycles. The molecular formula is C9H18N2O3. The van der Waals surface area contributed by atoms with Crippen LogP contribution in [0.4, 0.5) is 0 Å². The Labute approximate surface area is 83.8 Å². The Bertz CT molecular complexity index is 212. The summed E-state index contributed by atoms with van der Waals surface area (Å²) in [5.41, 5.74) is 10.3. The van der Waals surface area contributed by atoms with Gasteiger partial charge < -0.3 is 16.6 Å². The molecule has 5 heteroatoms. The number of carbonyl (C=O) groups is 2. The molecule has 0 fully saturated rings. The number of aliphatic carboxylic acids is 1. The number of hydrogen-bond donors (Lipinski definition) is 3. The average molecular weight is 202 g/mol. The molecule has 5 N–H and O–H groups in total. The van der Waals surface area contributed by atoms with E-state index in [0.29, 0.717) is 5.57 Å². The monoisotopic (exact) mass is 202 g/mol. The first-order valence-electron chi connectivity index (χ1n) is 4.13. The lowest BCUT2D eigenvalue weighted by atomic mass is 10.1. The fraction of sp³-hybridized carbons (Fsp3) is 0.556. The van der Waals surface area contributed by atoms with E-state index in [1.807, 2.05) is 0 Å². The number of carboxylic acid groups (broad SMARTS) is 1. The third kappa shape index (κ3) is 8.73. The van der Waals surface area contributed by atoms with Crippen LogP contribution in [-0.2, 0) is 9.59 Å². The fourth-order valence-corrected chi connectivity index (χ4v) is 0.285. The smallest absolute Gasteiger partial charge is 0.320 e. The van der Waals surface area contributed by atoms with Crippen molar-refractivity contribution >= 4 is 11.9 Å². The van der Waals surface area contributed by atoms with E-state index in [1.54, 1.807) is 20.8 Å². The molecule has 0 saturated heterocycles. The maximum Gasteiger partial charge on any atom is 0.320 e. The fourth-order valence-electron chi connectivity index (χ4n) is 0.285. The summed E-state index contributed by atoms with van der Waals surface area (Å²) in [6, 6.07) is -0.713. The largest absolute Gasteiger partial charge is 0.480 e. The zero-order chi connectivity index (χ0) is 11.9. The first kappa shape index (κ1) is 15.1. The van der Waals surface area contributed by atoms with Gasteiger partial charge in [-0.25, -0.2) is 0 Å². The first-order chi connectivity index (χ1) is 6.20. The number of carbonyl (C=O) groups excluding carboxylic acids is 1. The van der Waals surface area contributed by atoms with Crippen LogP contribution in [0, 0.1) is 5.92 Å². The van der Waals surface area contributed by atoms with E-state index < -0.39 is 17.9 Å². The molecule has 0 heterocycles. The molecule has 0 bridgehead atoms. The Morgan fingerprint density at radius 2 is 1.64 bits per heavy atom. The summed E-state index contributed by atoms with van der Waals surface area (Å²) in [7, 11) is 0. The Morgan fingerprint density at radius 3 is 1.64 bits per heavy atom. The van der Waals surface area contributed by atoms with Crippen LogP contribution in [0.1, 0.15) is 20.8 Å². The summed E-state index contributed by atoms with van der Waals surface area (Å²) in [5, 5.41) is 8.23. The summed E-state index contributed by atoms with van der Waals surface area (Å²) in [4.78, 5) is 19.8. The summed E-state index contributed by atoms with van der Waals surface area (Å²) >= 11 is 0. The number of primary amides is 1. The van der Waals surface area contributed by atoms with Gasteiger partial charge >= 0.3 is 5.97 Å². The molecule has 14 heavy (non-hydrogen) atoms. The van der Waals surface area contributed by atoms with Crippen molar-refractivity contribution in [2.75, 3.05) is 0 Å². The van der Waals surface area contributed by atoms with Crippen molar-refractivity contribution in [2.45, 2.75) is 26.8 Å². The second-order valence-electron chi connectivity index (χ2n) is 3.25. The second-order valence-corrected chi connectivity index (χ2v) is 3.25. The molecule has 0 spiro atoms. The minimum Gasteiger partial charge on any atom is -0.480 e. The number of carboxylic acids is 1. The van der Waals surface area contributed by atoms with E-state index in [0.717, 1.165) is 0 Å². The van der Waals surface area contributed by atoms with Crippen LogP contribution >= 0.6 is 0 Å². The van der Waals surface area contributed by atoms with Crippen LogP contribution in [-0.4, -0.2) is 23.0 Å². The van der Waals surface area contributed by atoms with Crippen LogP contribution in [0.25, 0.3) is 0 Å². The van der Waals surface area contributed by atoms with E-state index in [9.17, 15) is 9.59 Å². The number of hydrogen-bond acceptors (Lipinski definition) is 3. The van der Waals surface area contributed by atoms with Crippen LogP contribution in [0.3, 0.4) is 0 Å². The lowest BCUT2D eigenvalue weighted by Crippen LogP contribution is -2.34. The van der Waals surface area contributed by atoms with Crippen LogP contribution in [0.2, 0.25) is 0 Å². The maximum atomic E-state index is 10.0. The van der Waals surface area contributed by atoms with Crippen LogP contribution in [0.15, 0.2) is 12.2 Å². The minimum absolute atomic E-state index is 0.0208. The summed E-state index contributed by atoms with van der Waals surface area (Å²) in [6.45, 7) is 8.41. The van der Waals surface area contributed by atoms with E-state index >= 15 is 0 Å².